The van der Waals surface area contributed by atoms with Crippen molar-refractivity contribution >= 4 is 40.6 Å². The SMILES string of the molecule is CN(C)C=O.Nc1cc(Cl)c2[nH]c(C(=O)O)cc2c1. The number of nitrogens with two attached hydrogens (primary N) is 1. The Morgan fingerprint density at radius 2 is 2.00 bits per heavy atom. The van der Waals surface area contributed by atoms with Crippen LogP contribution < -0.4 is 5.73 Å². The van der Waals surface area contributed by atoms with Crippen molar-refractivity contribution in [2.24, 2.45) is 0 Å². The maximum atomic E-state index is 10.7. The Bertz CT molecular complexity index is 608. The summed E-state index contributed by atoms with van der Waals surface area (Å²) in [6.07, 6.45) is 0.750. The van der Waals surface area contributed by atoms with Crippen LogP contribution in [0.2, 0.25) is 5.02 Å². The zero-order chi connectivity index (χ0) is 14.6. The van der Waals surface area contributed by atoms with Crippen LogP contribution in [0, 0.1) is 0 Å². The number of aromatic carboxylic acids is 1. The number of halogens is 1. The number of fused-ring (bicyclic) bond motifs is 1. The number of nitrogens with zero attached hydrogens (tertiary/aromatic N) is 1. The highest BCUT2D eigenvalue weighted by Crippen LogP contribution is 2.26. The molecular weight excluding hydrogens is 270 g/mol. The van der Waals surface area contributed by atoms with Gasteiger partial charge in [-0.2, -0.15) is 0 Å². The monoisotopic (exact) mass is 283 g/mol. The molecule has 19 heavy (non-hydrogen) atoms. The number of aromatic nitrogens is 1. The summed E-state index contributed by atoms with van der Waals surface area (Å²) < 4.78 is 0. The summed E-state index contributed by atoms with van der Waals surface area (Å²) in [5.41, 5.74) is 6.78. The van der Waals surface area contributed by atoms with E-state index in [2.05, 4.69) is 4.98 Å². The minimum absolute atomic E-state index is 0.104. The van der Waals surface area contributed by atoms with Gasteiger partial charge in [0.15, 0.2) is 0 Å². The van der Waals surface area contributed by atoms with Crippen molar-refractivity contribution < 1.29 is 14.7 Å². The van der Waals surface area contributed by atoms with Crippen LogP contribution in [0.5, 0.6) is 0 Å². The van der Waals surface area contributed by atoms with Gasteiger partial charge in [-0.25, -0.2) is 4.79 Å². The quantitative estimate of drug-likeness (QED) is 0.578. The topological polar surface area (TPSA) is 99.4 Å². The van der Waals surface area contributed by atoms with Gasteiger partial charge in [-0.1, -0.05) is 11.6 Å². The normalized spacial score (nSPS) is 9.63. The minimum Gasteiger partial charge on any atom is -0.477 e. The van der Waals surface area contributed by atoms with Gasteiger partial charge < -0.3 is 20.7 Å². The zero-order valence-electron chi connectivity index (χ0n) is 10.5. The smallest absolute Gasteiger partial charge is 0.352 e. The molecule has 0 unspecified atom stereocenters. The largest absolute Gasteiger partial charge is 0.477 e. The van der Waals surface area contributed by atoms with Crippen molar-refractivity contribution in [1.82, 2.24) is 9.88 Å². The number of anilines is 1. The molecule has 6 nitrogen and oxygen atoms in total. The third-order valence-corrected chi connectivity index (χ3v) is 2.44. The van der Waals surface area contributed by atoms with Crippen LogP contribution in [0.1, 0.15) is 10.5 Å². The van der Waals surface area contributed by atoms with Gasteiger partial charge in [0.25, 0.3) is 0 Å². The Morgan fingerprint density at radius 1 is 1.42 bits per heavy atom. The van der Waals surface area contributed by atoms with E-state index in [1.165, 1.54) is 11.0 Å². The van der Waals surface area contributed by atoms with Gasteiger partial charge in [-0.05, 0) is 18.2 Å². The lowest BCUT2D eigenvalue weighted by atomic mass is 10.2. The summed E-state index contributed by atoms with van der Waals surface area (Å²) >= 11 is 5.88. The molecule has 1 amide bonds. The number of nitrogens with one attached hydrogen (secondary N) is 1. The first-order chi connectivity index (χ1) is 8.85. The van der Waals surface area contributed by atoms with Crippen LogP contribution >= 0.6 is 11.6 Å². The van der Waals surface area contributed by atoms with Gasteiger partial charge >= 0.3 is 5.97 Å². The molecule has 7 heteroatoms. The number of nitrogen functional groups attached to an aromatic ring is 1. The Morgan fingerprint density at radius 3 is 2.47 bits per heavy atom. The van der Waals surface area contributed by atoms with Gasteiger partial charge in [0.2, 0.25) is 6.41 Å². The standard InChI is InChI=1S/C9H7ClN2O2.C3H7NO/c10-6-3-5(11)1-4-2-7(9(13)14)12-8(4)6;1-4(2)3-5/h1-3,12H,11H2,(H,13,14);3H,1-2H3. The number of rotatable bonds is 2. The molecule has 0 bridgehead atoms. The number of carboxylic acids is 1. The highest BCUT2D eigenvalue weighted by atomic mass is 35.5. The number of carbonyl (C=O) groups is 2. The van der Waals surface area contributed by atoms with Crippen molar-refractivity contribution in [3.63, 3.8) is 0 Å². The molecule has 0 fully saturated rings. The van der Waals surface area contributed by atoms with Crippen molar-refractivity contribution in [3.05, 3.63) is 28.9 Å². The molecule has 1 heterocycles. The molecule has 1 aromatic heterocycles. The maximum Gasteiger partial charge on any atom is 0.352 e. The third kappa shape index (κ3) is 3.89. The van der Waals surface area contributed by atoms with Crippen LogP contribution in [0.15, 0.2) is 18.2 Å². The molecule has 0 atom stereocenters. The van der Waals surface area contributed by atoms with Crippen LogP contribution in [0.3, 0.4) is 0 Å². The highest BCUT2D eigenvalue weighted by molar-refractivity contribution is 6.35. The third-order valence-electron chi connectivity index (χ3n) is 2.14. The van der Waals surface area contributed by atoms with E-state index in [-0.39, 0.29) is 5.69 Å². The number of amides is 1. The van der Waals surface area contributed by atoms with Crippen LogP contribution in [-0.2, 0) is 4.79 Å². The zero-order valence-corrected chi connectivity index (χ0v) is 11.2. The number of hydrogen-bond donors (Lipinski definition) is 3. The molecule has 2 rings (SSSR count). The molecule has 0 spiro atoms. The predicted molar refractivity (Wildman–Crippen MR) is 74.4 cm³/mol. The van der Waals surface area contributed by atoms with Gasteiger partial charge in [-0.15, -0.1) is 0 Å². The average molecular weight is 284 g/mol. The molecule has 0 saturated carbocycles. The lowest BCUT2D eigenvalue weighted by Gasteiger charge is -1.95. The van der Waals surface area contributed by atoms with Crippen molar-refractivity contribution in [3.8, 4) is 0 Å². The molecule has 102 valence electrons. The summed E-state index contributed by atoms with van der Waals surface area (Å²) in [4.78, 5) is 24.2. The molecule has 0 aliphatic rings. The number of benzene rings is 1. The molecule has 0 aliphatic heterocycles. The Kier molecular flexibility index (Phi) is 4.77. The summed E-state index contributed by atoms with van der Waals surface area (Å²) in [5, 5.41) is 9.87. The minimum atomic E-state index is -1.02. The van der Waals surface area contributed by atoms with Gasteiger partial charge in [0.05, 0.1) is 10.5 Å². The number of aromatic amines is 1. The lowest BCUT2D eigenvalue weighted by molar-refractivity contribution is -0.115. The Hall–Kier alpha value is -2.21. The van der Waals surface area contributed by atoms with Crippen molar-refractivity contribution in [2.45, 2.75) is 0 Å². The molecule has 0 aliphatic carbocycles. The number of carboxylic acid groups (broad SMARTS) is 1. The van der Waals surface area contributed by atoms with E-state index in [1.54, 1.807) is 26.2 Å². The van der Waals surface area contributed by atoms with Crippen LogP contribution in [-0.4, -0.2) is 41.5 Å². The summed E-state index contributed by atoms with van der Waals surface area (Å²) in [6.45, 7) is 0. The van der Waals surface area contributed by atoms with E-state index >= 15 is 0 Å². The first-order valence-electron chi connectivity index (χ1n) is 5.28. The fourth-order valence-corrected chi connectivity index (χ4v) is 1.62. The second-order valence-corrected chi connectivity index (χ2v) is 4.43. The maximum absolute atomic E-state index is 10.7. The molecular formula is C12H14ClN3O3. The van der Waals surface area contributed by atoms with Gasteiger partial charge in [0.1, 0.15) is 5.69 Å². The van der Waals surface area contributed by atoms with Gasteiger partial charge in [0, 0.05) is 25.2 Å². The second-order valence-electron chi connectivity index (χ2n) is 4.02. The number of carbonyl (C=O) groups excluding carboxylic acids is 1. The first-order valence-corrected chi connectivity index (χ1v) is 5.65. The fraction of sp³-hybridized carbons (Fsp3) is 0.167. The number of H-pyrrole nitrogens is 1. The predicted octanol–water partition coefficient (Wildman–Crippen LogP) is 1.81. The summed E-state index contributed by atoms with van der Waals surface area (Å²) in [6, 6.07) is 4.75. The molecule has 0 radical (unpaired) electrons. The van der Waals surface area contributed by atoms with Crippen molar-refractivity contribution in [1.29, 1.82) is 0 Å². The van der Waals surface area contributed by atoms with Gasteiger partial charge in [-0.3, -0.25) is 4.79 Å². The summed E-state index contributed by atoms with van der Waals surface area (Å²) in [7, 11) is 3.38. The lowest BCUT2D eigenvalue weighted by Crippen LogP contribution is -2.06. The van der Waals surface area contributed by atoms with E-state index in [0.717, 1.165) is 6.41 Å². The Balaban J connectivity index is 0.000000312. The average Bonchev–Trinajstić information content (AvgIpc) is 2.74. The molecule has 0 saturated heterocycles. The molecule has 1 aromatic carbocycles. The highest BCUT2D eigenvalue weighted by Gasteiger charge is 2.09. The van der Waals surface area contributed by atoms with Crippen LogP contribution in [0.25, 0.3) is 10.9 Å². The first kappa shape index (κ1) is 14.8. The number of hydrogen-bond acceptors (Lipinski definition) is 3. The summed E-state index contributed by atoms with van der Waals surface area (Å²) in [5.74, 6) is -1.02. The molecule has 4 N–H and O–H groups in total. The fourth-order valence-electron chi connectivity index (χ4n) is 1.34. The van der Waals surface area contributed by atoms with E-state index in [9.17, 15) is 9.59 Å². The van der Waals surface area contributed by atoms with E-state index < -0.39 is 5.97 Å². The Labute approximate surface area is 114 Å². The van der Waals surface area contributed by atoms with Crippen LogP contribution in [0.4, 0.5) is 5.69 Å². The van der Waals surface area contributed by atoms with E-state index in [1.807, 2.05) is 0 Å². The van der Waals surface area contributed by atoms with E-state index in [0.29, 0.717) is 21.6 Å². The molecule has 2 aromatic rings. The van der Waals surface area contributed by atoms with Crippen molar-refractivity contribution in [2.75, 3.05) is 19.8 Å². The van der Waals surface area contributed by atoms with E-state index in [4.69, 9.17) is 22.4 Å². The second kappa shape index (κ2) is 6.10.